The normalized spacial score (nSPS) is 23.4. The van der Waals surface area contributed by atoms with Crippen LogP contribution in [0.4, 0.5) is 0 Å². The summed E-state index contributed by atoms with van der Waals surface area (Å²) in [5.74, 6) is 2.77. The summed E-state index contributed by atoms with van der Waals surface area (Å²) >= 11 is 0. The van der Waals surface area contributed by atoms with Crippen LogP contribution in [0, 0.1) is 5.92 Å². The van der Waals surface area contributed by atoms with Crippen LogP contribution in [0.25, 0.3) is 11.5 Å². The molecule has 4 nitrogen and oxygen atoms in total. The zero-order valence-electron chi connectivity index (χ0n) is 13.7. The van der Waals surface area contributed by atoms with Gasteiger partial charge in [0.25, 0.3) is 0 Å². The number of nitrogens with zero attached hydrogens (tertiary/aromatic N) is 3. The zero-order chi connectivity index (χ0) is 15.5. The first-order chi connectivity index (χ1) is 11.4. The lowest BCUT2D eigenvalue weighted by molar-refractivity contribution is 0.230. The summed E-state index contributed by atoms with van der Waals surface area (Å²) in [5.41, 5.74) is 1.00. The molecule has 0 amide bonds. The van der Waals surface area contributed by atoms with Crippen molar-refractivity contribution in [2.24, 2.45) is 5.92 Å². The Balaban J connectivity index is 1.37. The maximum atomic E-state index is 5.94. The molecular formula is C19H25N3O. The van der Waals surface area contributed by atoms with E-state index in [1.165, 1.54) is 45.2 Å². The molecule has 2 fully saturated rings. The average molecular weight is 311 g/mol. The van der Waals surface area contributed by atoms with Crippen molar-refractivity contribution < 1.29 is 4.42 Å². The average Bonchev–Trinajstić information content (AvgIpc) is 3.26. The van der Waals surface area contributed by atoms with Gasteiger partial charge in [0.15, 0.2) is 0 Å². The van der Waals surface area contributed by atoms with E-state index in [-0.39, 0.29) is 0 Å². The molecule has 1 atom stereocenters. The molecule has 0 bridgehead atoms. The van der Waals surface area contributed by atoms with E-state index in [9.17, 15) is 0 Å². The fourth-order valence-electron chi connectivity index (χ4n) is 4.03. The van der Waals surface area contributed by atoms with Crippen molar-refractivity contribution >= 4 is 0 Å². The zero-order valence-corrected chi connectivity index (χ0v) is 13.7. The first-order valence-electron chi connectivity index (χ1n) is 8.99. The Kier molecular flexibility index (Phi) is 4.42. The van der Waals surface area contributed by atoms with Crippen LogP contribution in [0.3, 0.4) is 0 Å². The molecule has 1 saturated carbocycles. The van der Waals surface area contributed by atoms with Crippen LogP contribution in [-0.2, 0) is 0 Å². The standard InChI is InChI=1S/C19H25N3O/c1-3-7-15(8-4-1)13-22-12-11-17(14-22)19-21-20-18(23-19)16-9-5-2-6-10-16/h2,5-6,9-10,15,17H,1,3-4,7-8,11-14H2/t17-/m0/s1. The van der Waals surface area contributed by atoms with Gasteiger partial charge in [0, 0.05) is 18.7 Å². The molecule has 2 aromatic rings. The van der Waals surface area contributed by atoms with Gasteiger partial charge >= 0.3 is 0 Å². The van der Waals surface area contributed by atoms with Gasteiger partial charge in [0.2, 0.25) is 11.8 Å². The fraction of sp³-hybridized carbons (Fsp3) is 0.579. The van der Waals surface area contributed by atoms with Crippen molar-refractivity contribution in [1.29, 1.82) is 0 Å². The second kappa shape index (κ2) is 6.83. The molecule has 23 heavy (non-hydrogen) atoms. The van der Waals surface area contributed by atoms with Crippen LogP contribution in [-0.4, -0.2) is 34.7 Å². The van der Waals surface area contributed by atoms with Gasteiger partial charge in [-0.2, -0.15) is 0 Å². The summed E-state index contributed by atoms with van der Waals surface area (Å²) in [6.45, 7) is 3.51. The number of rotatable bonds is 4. The molecule has 0 unspecified atom stereocenters. The first-order valence-corrected chi connectivity index (χ1v) is 8.99. The van der Waals surface area contributed by atoms with Crippen LogP contribution < -0.4 is 0 Å². The topological polar surface area (TPSA) is 42.2 Å². The Morgan fingerprint density at radius 1 is 1.00 bits per heavy atom. The Morgan fingerprint density at radius 2 is 1.83 bits per heavy atom. The molecule has 1 saturated heterocycles. The molecule has 4 rings (SSSR count). The van der Waals surface area contributed by atoms with Crippen LogP contribution in [0.5, 0.6) is 0 Å². The molecule has 0 N–H and O–H groups in total. The minimum Gasteiger partial charge on any atom is -0.420 e. The molecule has 1 aromatic carbocycles. The van der Waals surface area contributed by atoms with Crippen molar-refractivity contribution in [2.45, 2.75) is 44.4 Å². The van der Waals surface area contributed by atoms with E-state index in [1.54, 1.807) is 0 Å². The van der Waals surface area contributed by atoms with E-state index < -0.39 is 0 Å². The molecule has 1 aliphatic carbocycles. The van der Waals surface area contributed by atoms with Crippen LogP contribution >= 0.6 is 0 Å². The maximum absolute atomic E-state index is 5.94. The number of hydrogen-bond acceptors (Lipinski definition) is 4. The molecular weight excluding hydrogens is 286 g/mol. The van der Waals surface area contributed by atoms with Crippen molar-refractivity contribution in [2.75, 3.05) is 19.6 Å². The molecule has 4 heteroatoms. The van der Waals surface area contributed by atoms with Gasteiger partial charge in [-0.25, -0.2) is 0 Å². The van der Waals surface area contributed by atoms with E-state index >= 15 is 0 Å². The molecule has 2 aliphatic rings. The summed E-state index contributed by atoms with van der Waals surface area (Å²) in [6, 6.07) is 10.0. The highest BCUT2D eigenvalue weighted by molar-refractivity contribution is 5.51. The second-order valence-electron chi connectivity index (χ2n) is 7.06. The van der Waals surface area contributed by atoms with Crippen molar-refractivity contribution in [3.63, 3.8) is 0 Å². The first kappa shape index (κ1) is 14.9. The molecule has 0 spiro atoms. The smallest absolute Gasteiger partial charge is 0.247 e. The quantitative estimate of drug-likeness (QED) is 0.852. The predicted molar refractivity (Wildman–Crippen MR) is 90.1 cm³/mol. The van der Waals surface area contributed by atoms with Crippen LogP contribution in [0.15, 0.2) is 34.7 Å². The molecule has 0 radical (unpaired) electrons. The number of likely N-dealkylation sites (tertiary alicyclic amines) is 1. The monoisotopic (exact) mass is 311 g/mol. The van der Waals surface area contributed by atoms with Gasteiger partial charge in [-0.1, -0.05) is 37.5 Å². The summed E-state index contributed by atoms with van der Waals surface area (Å²) in [6.07, 6.45) is 8.25. The molecule has 122 valence electrons. The lowest BCUT2D eigenvalue weighted by Crippen LogP contribution is -2.28. The number of aromatic nitrogens is 2. The van der Waals surface area contributed by atoms with Gasteiger partial charge in [0.05, 0.1) is 5.92 Å². The van der Waals surface area contributed by atoms with Crippen molar-refractivity contribution in [3.8, 4) is 11.5 Å². The van der Waals surface area contributed by atoms with Gasteiger partial charge in [-0.05, 0) is 43.9 Å². The fourth-order valence-corrected chi connectivity index (χ4v) is 4.03. The summed E-state index contributed by atoms with van der Waals surface area (Å²) in [5, 5.41) is 8.55. The Labute approximate surface area is 137 Å². The summed E-state index contributed by atoms with van der Waals surface area (Å²) in [7, 11) is 0. The van der Waals surface area contributed by atoms with Crippen LogP contribution in [0.2, 0.25) is 0 Å². The lowest BCUT2D eigenvalue weighted by Gasteiger charge is -2.26. The Bertz CT molecular complexity index is 619. The van der Waals surface area contributed by atoms with E-state index in [0.29, 0.717) is 11.8 Å². The highest BCUT2D eigenvalue weighted by Gasteiger charge is 2.29. The SMILES string of the molecule is c1ccc(-c2nnc([C@H]3CCN(CC4CCCCC4)C3)o2)cc1. The van der Waals surface area contributed by atoms with Crippen molar-refractivity contribution in [3.05, 3.63) is 36.2 Å². The molecule has 1 aliphatic heterocycles. The minimum atomic E-state index is 0.406. The van der Waals surface area contributed by atoms with E-state index in [0.717, 1.165) is 30.3 Å². The highest BCUT2D eigenvalue weighted by atomic mass is 16.4. The summed E-state index contributed by atoms with van der Waals surface area (Å²) < 4.78 is 5.94. The minimum absolute atomic E-state index is 0.406. The Morgan fingerprint density at radius 3 is 2.65 bits per heavy atom. The third kappa shape index (κ3) is 3.47. The molecule has 2 heterocycles. The lowest BCUT2D eigenvalue weighted by atomic mass is 9.89. The third-order valence-corrected chi connectivity index (χ3v) is 5.32. The number of hydrogen-bond donors (Lipinski definition) is 0. The van der Waals surface area contributed by atoms with Gasteiger partial charge in [-0.3, -0.25) is 0 Å². The van der Waals surface area contributed by atoms with Crippen molar-refractivity contribution in [1.82, 2.24) is 15.1 Å². The molecule has 1 aromatic heterocycles. The van der Waals surface area contributed by atoms with Crippen LogP contribution in [0.1, 0.15) is 50.3 Å². The van der Waals surface area contributed by atoms with E-state index in [2.05, 4.69) is 15.1 Å². The predicted octanol–water partition coefficient (Wildman–Crippen LogP) is 4.11. The van der Waals surface area contributed by atoms with E-state index in [4.69, 9.17) is 4.42 Å². The highest BCUT2D eigenvalue weighted by Crippen LogP contribution is 2.31. The largest absolute Gasteiger partial charge is 0.420 e. The third-order valence-electron chi connectivity index (χ3n) is 5.32. The van der Waals surface area contributed by atoms with E-state index in [1.807, 2.05) is 30.3 Å². The Hall–Kier alpha value is -1.68. The van der Waals surface area contributed by atoms with Gasteiger partial charge < -0.3 is 9.32 Å². The maximum Gasteiger partial charge on any atom is 0.247 e. The second-order valence-corrected chi connectivity index (χ2v) is 7.06. The van der Waals surface area contributed by atoms with Gasteiger partial charge in [-0.15, -0.1) is 10.2 Å². The number of benzene rings is 1. The summed E-state index contributed by atoms with van der Waals surface area (Å²) in [4.78, 5) is 2.60. The van der Waals surface area contributed by atoms with Gasteiger partial charge in [0.1, 0.15) is 0 Å².